The molecule has 1 N–H and O–H groups in total. The predicted octanol–water partition coefficient (Wildman–Crippen LogP) is 3.20. The topological polar surface area (TPSA) is 78.4 Å². The Kier molecular flexibility index (Phi) is 5.60. The van der Waals surface area contributed by atoms with Gasteiger partial charge in [-0.05, 0) is 0 Å². The summed E-state index contributed by atoms with van der Waals surface area (Å²) >= 11 is 4.98. The van der Waals surface area contributed by atoms with Gasteiger partial charge in [-0.1, -0.05) is 0 Å². The second-order valence-electron chi connectivity index (χ2n) is 6.70. The molecule has 1 saturated heterocycles. The minimum atomic E-state index is -4.76. The van der Waals surface area contributed by atoms with Crippen LogP contribution in [-0.2, 0) is 11.0 Å². The second-order valence-corrected chi connectivity index (χ2v) is 8.82. The van der Waals surface area contributed by atoms with E-state index in [0.29, 0.717) is 6.07 Å². The van der Waals surface area contributed by atoms with Gasteiger partial charge in [-0.3, -0.25) is 0 Å². The van der Waals surface area contributed by atoms with Crippen LogP contribution in [0.2, 0.25) is 5.02 Å². The Morgan fingerprint density at radius 1 is 1.34 bits per heavy atom. The summed E-state index contributed by atoms with van der Waals surface area (Å²) in [5.41, 5.74) is -1.76. The number of nitrogens with one attached hydrogen (secondary N) is 1. The monoisotopic (exact) mass is 539 g/mol. The molecule has 1 aromatic carbocycles. The Morgan fingerprint density at radius 3 is 2.75 bits per heavy atom. The van der Waals surface area contributed by atoms with E-state index in [1.54, 1.807) is 0 Å². The van der Waals surface area contributed by atoms with Crippen LogP contribution in [-0.4, -0.2) is 56.0 Å². The van der Waals surface area contributed by atoms with Gasteiger partial charge in [-0.15, -0.1) is 0 Å². The molecule has 0 aliphatic carbocycles. The predicted molar refractivity (Wildman–Crippen MR) is 106 cm³/mol. The van der Waals surface area contributed by atoms with Crippen molar-refractivity contribution in [2.24, 2.45) is 0 Å². The van der Waals surface area contributed by atoms with Gasteiger partial charge in [0.15, 0.2) is 0 Å². The number of nitrogens with zero attached hydrogens (tertiary/aromatic N) is 4. The third kappa shape index (κ3) is 3.70. The summed E-state index contributed by atoms with van der Waals surface area (Å²) in [5.74, 6) is -3.45. The van der Waals surface area contributed by atoms with Crippen molar-refractivity contribution in [3.63, 3.8) is 0 Å². The summed E-state index contributed by atoms with van der Waals surface area (Å²) < 4.78 is 68.6. The molecule has 1 aliphatic heterocycles. The first-order valence-electron chi connectivity index (χ1n) is 8.80. The van der Waals surface area contributed by atoms with Gasteiger partial charge in [0, 0.05) is 0 Å². The number of amides is 3. The normalized spacial score (nSPS) is 16.5. The molecule has 1 aliphatic rings. The van der Waals surface area contributed by atoms with Crippen LogP contribution in [0.1, 0.15) is 5.56 Å². The van der Waals surface area contributed by atoms with Crippen LogP contribution in [0.5, 0.6) is 0 Å². The van der Waals surface area contributed by atoms with Gasteiger partial charge >= 0.3 is 187 Å². The molecule has 3 amide bonds. The molecular formula is C18H11ClF5N5O2Se. The first kappa shape index (κ1) is 22.4. The van der Waals surface area contributed by atoms with Gasteiger partial charge in [0.2, 0.25) is 0 Å². The number of carbonyl (C=O) groups excluding carboxylic acids is 2. The van der Waals surface area contributed by atoms with Crippen LogP contribution in [0.15, 0.2) is 23.3 Å². The minimum absolute atomic E-state index is 0.0675. The van der Waals surface area contributed by atoms with Crippen molar-refractivity contribution < 1.29 is 31.5 Å². The van der Waals surface area contributed by atoms with Crippen molar-refractivity contribution in [2.75, 3.05) is 23.4 Å². The molecule has 2 aromatic heterocycles. The molecule has 0 unspecified atom stereocenters. The zero-order valence-electron chi connectivity index (χ0n) is 15.9. The van der Waals surface area contributed by atoms with Crippen molar-refractivity contribution in [1.29, 1.82) is 0 Å². The SMILES string of the molecule is CN(C(=O)[C@@H]1CNC(=O)N1c1cc(C(F)(F)F)c2nc[se]c2n1)c1ccc(F)c(Cl)c1F. The molecule has 7 nitrogen and oxygen atoms in total. The van der Waals surface area contributed by atoms with Crippen molar-refractivity contribution >= 4 is 59.5 Å². The Balaban J connectivity index is 1.75. The molecule has 0 radical (unpaired) electrons. The van der Waals surface area contributed by atoms with Crippen LogP contribution in [0.25, 0.3) is 9.91 Å². The van der Waals surface area contributed by atoms with E-state index in [1.165, 1.54) is 12.1 Å². The zero-order valence-corrected chi connectivity index (χ0v) is 18.3. The van der Waals surface area contributed by atoms with Crippen LogP contribution in [0, 0.1) is 11.6 Å². The molecule has 0 bridgehead atoms. The van der Waals surface area contributed by atoms with Crippen LogP contribution in [0.3, 0.4) is 0 Å². The summed E-state index contributed by atoms with van der Waals surface area (Å²) in [6.07, 6.45) is -4.76. The Labute approximate surface area is 187 Å². The van der Waals surface area contributed by atoms with E-state index in [-0.39, 0.29) is 28.0 Å². The Hall–Kier alpha value is -2.76. The number of likely N-dealkylation sites (N-methyl/N-ethyl adjacent to an activating group) is 1. The summed E-state index contributed by atoms with van der Waals surface area (Å²) in [4.78, 5) is 34.9. The molecule has 1 atom stereocenters. The quantitative estimate of drug-likeness (QED) is 0.316. The number of anilines is 2. The van der Waals surface area contributed by atoms with E-state index in [1.807, 2.05) is 0 Å². The zero-order chi connectivity index (χ0) is 23.4. The number of hydrogen-bond acceptors (Lipinski definition) is 4. The first-order valence-corrected chi connectivity index (χ1v) is 11.0. The number of carbonyl (C=O) groups is 2. The van der Waals surface area contributed by atoms with Gasteiger partial charge in [0.05, 0.1) is 0 Å². The third-order valence-electron chi connectivity index (χ3n) is 4.81. The van der Waals surface area contributed by atoms with Crippen molar-refractivity contribution in [3.8, 4) is 0 Å². The molecule has 1 fully saturated rings. The van der Waals surface area contributed by atoms with Crippen molar-refractivity contribution in [3.05, 3.63) is 45.5 Å². The van der Waals surface area contributed by atoms with Crippen molar-refractivity contribution in [2.45, 2.75) is 12.2 Å². The molecule has 32 heavy (non-hydrogen) atoms. The molecule has 3 aromatic rings. The average molecular weight is 539 g/mol. The first-order chi connectivity index (χ1) is 15.0. The van der Waals surface area contributed by atoms with Crippen LogP contribution >= 0.6 is 11.6 Å². The number of alkyl halides is 3. The fraction of sp³-hybridized carbons (Fsp3) is 0.222. The molecular weight excluding hydrogens is 528 g/mol. The maximum atomic E-state index is 14.4. The molecule has 168 valence electrons. The molecule has 0 spiro atoms. The molecule has 0 saturated carbocycles. The number of benzene rings is 1. The fourth-order valence-electron chi connectivity index (χ4n) is 3.26. The maximum absolute atomic E-state index is 14.4. The number of rotatable bonds is 3. The number of pyridine rings is 1. The number of aromatic nitrogens is 2. The summed E-state index contributed by atoms with van der Waals surface area (Å²) in [6.45, 7) is -0.264. The standard InChI is InChI=1S/C18H11ClF5N5O2Se/c1-28(9-3-2-8(20)12(19)13(9)21)16(30)10-5-25-17(31)29(10)11-4-7(18(22,23)24)14-15(27-11)32-6-26-14/h2-4,6,10H,5H2,1H3,(H,25,31)/t10-/m0/s1. The van der Waals surface area contributed by atoms with E-state index in [0.717, 1.165) is 21.9 Å². The summed E-state index contributed by atoms with van der Waals surface area (Å²) in [5, 5.41) is 2.88. The van der Waals surface area contributed by atoms with Crippen LogP contribution in [0.4, 0.5) is 38.3 Å². The summed E-state index contributed by atoms with van der Waals surface area (Å²) in [7, 11) is 1.17. The van der Waals surface area contributed by atoms with E-state index in [9.17, 15) is 31.5 Å². The average Bonchev–Trinajstić information content (AvgIpc) is 3.35. The fourth-order valence-corrected chi connectivity index (χ4v) is 4.84. The molecule has 4 rings (SSSR count). The van der Waals surface area contributed by atoms with Gasteiger partial charge in [-0.2, -0.15) is 0 Å². The number of urea groups is 1. The van der Waals surface area contributed by atoms with Crippen LogP contribution < -0.4 is 15.1 Å². The van der Waals surface area contributed by atoms with E-state index >= 15 is 0 Å². The van der Waals surface area contributed by atoms with Gasteiger partial charge in [0.25, 0.3) is 0 Å². The third-order valence-corrected chi connectivity index (χ3v) is 6.67. The Bertz CT molecular complexity index is 1250. The van der Waals surface area contributed by atoms with Gasteiger partial charge in [0.1, 0.15) is 0 Å². The summed E-state index contributed by atoms with van der Waals surface area (Å²) in [6, 6.07) is 0.315. The number of halogens is 6. The van der Waals surface area contributed by atoms with Crippen molar-refractivity contribution in [1.82, 2.24) is 15.3 Å². The molecule has 14 heteroatoms. The van der Waals surface area contributed by atoms with Gasteiger partial charge < -0.3 is 0 Å². The van der Waals surface area contributed by atoms with Gasteiger partial charge in [-0.25, -0.2) is 0 Å². The van der Waals surface area contributed by atoms with E-state index < -0.39 is 60.9 Å². The van der Waals surface area contributed by atoms with E-state index in [4.69, 9.17) is 11.6 Å². The van der Waals surface area contributed by atoms with E-state index in [2.05, 4.69) is 15.3 Å². The second kappa shape index (κ2) is 7.98. The molecule has 3 heterocycles. The number of hydrogen-bond donors (Lipinski definition) is 1. The Morgan fingerprint density at radius 2 is 2.06 bits per heavy atom. The number of fused-ring (bicyclic) bond motifs is 1.